The van der Waals surface area contributed by atoms with E-state index in [1.165, 1.54) is 0 Å². The van der Waals surface area contributed by atoms with Crippen molar-refractivity contribution < 1.29 is 9.84 Å². The standard InChI is InChI=1S/C5H11NO3/c7-3-1-4-9-5-2-6-8/h7H,1-5H2. The number of nitroso groups, excluding NO2 is 1. The predicted molar refractivity (Wildman–Crippen MR) is 33.2 cm³/mol. The molecule has 0 radical (unpaired) electrons. The van der Waals surface area contributed by atoms with Gasteiger partial charge in [-0.1, -0.05) is 5.18 Å². The first-order chi connectivity index (χ1) is 4.41. The maximum Gasteiger partial charge on any atom is 0.104 e. The normalized spacial score (nSPS) is 9.44. The highest BCUT2D eigenvalue weighted by atomic mass is 16.5. The summed E-state index contributed by atoms with van der Waals surface area (Å²) in [5, 5.41) is 10.9. The number of ether oxygens (including phenoxy) is 1. The Balaban J connectivity index is 2.66. The van der Waals surface area contributed by atoms with Crippen molar-refractivity contribution in [1.82, 2.24) is 0 Å². The molecule has 0 aliphatic heterocycles. The second-order valence-electron chi connectivity index (χ2n) is 1.54. The van der Waals surface area contributed by atoms with Crippen molar-refractivity contribution in [1.29, 1.82) is 0 Å². The fraction of sp³-hybridized carbons (Fsp3) is 1.00. The van der Waals surface area contributed by atoms with Gasteiger partial charge in [-0.25, -0.2) is 0 Å². The van der Waals surface area contributed by atoms with Crippen LogP contribution in [0, 0.1) is 4.91 Å². The van der Waals surface area contributed by atoms with Gasteiger partial charge in [-0.15, -0.1) is 0 Å². The maximum absolute atomic E-state index is 9.46. The van der Waals surface area contributed by atoms with E-state index >= 15 is 0 Å². The Morgan fingerprint density at radius 2 is 2.22 bits per heavy atom. The summed E-state index contributed by atoms with van der Waals surface area (Å²) in [7, 11) is 0. The third-order valence-electron chi connectivity index (χ3n) is 0.774. The molecule has 0 aliphatic rings. The number of hydrogen-bond donors (Lipinski definition) is 1. The summed E-state index contributed by atoms with van der Waals surface area (Å²) >= 11 is 0. The highest BCUT2D eigenvalue weighted by molar-refractivity contribution is 4.37. The van der Waals surface area contributed by atoms with E-state index < -0.39 is 0 Å². The van der Waals surface area contributed by atoms with Gasteiger partial charge in [-0.3, -0.25) is 0 Å². The molecule has 0 saturated carbocycles. The summed E-state index contributed by atoms with van der Waals surface area (Å²) in [4.78, 5) is 9.46. The first-order valence-corrected chi connectivity index (χ1v) is 2.89. The van der Waals surface area contributed by atoms with E-state index in [0.29, 0.717) is 19.6 Å². The van der Waals surface area contributed by atoms with E-state index in [9.17, 15) is 4.91 Å². The SMILES string of the molecule is O=NCCOCCCO. The van der Waals surface area contributed by atoms with E-state index in [-0.39, 0.29) is 13.2 Å². The molecule has 0 fully saturated rings. The van der Waals surface area contributed by atoms with Gasteiger partial charge in [-0.05, 0) is 6.42 Å². The summed E-state index contributed by atoms with van der Waals surface area (Å²) in [6.45, 7) is 1.20. The zero-order valence-electron chi connectivity index (χ0n) is 5.25. The van der Waals surface area contributed by atoms with Crippen LogP contribution >= 0.6 is 0 Å². The molecule has 0 spiro atoms. The second kappa shape index (κ2) is 7.52. The van der Waals surface area contributed by atoms with Crippen LogP contribution < -0.4 is 0 Å². The van der Waals surface area contributed by atoms with E-state index in [2.05, 4.69) is 5.18 Å². The molecule has 0 aromatic rings. The monoisotopic (exact) mass is 133 g/mol. The first-order valence-electron chi connectivity index (χ1n) is 2.89. The molecule has 0 unspecified atom stereocenters. The van der Waals surface area contributed by atoms with Gasteiger partial charge in [0, 0.05) is 13.2 Å². The Morgan fingerprint density at radius 1 is 1.44 bits per heavy atom. The molecule has 0 rings (SSSR count). The fourth-order valence-corrected chi connectivity index (χ4v) is 0.370. The van der Waals surface area contributed by atoms with Crippen molar-refractivity contribution in [3.8, 4) is 0 Å². The Morgan fingerprint density at radius 3 is 2.78 bits per heavy atom. The van der Waals surface area contributed by atoms with Crippen molar-refractivity contribution in [3.05, 3.63) is 4.91 Å². The van der Waals surface area contributed by atoms with Crippen LogP contribution in [0.15, 0.2) is 5.18 Å². The summed E-state index contributed by atoms with van der Waals surface area (Å²) in [5.41, 5.74) is 0. The third kappa shape index (κ3) is 7.52. The third-order valence-corrected chi connectivity index (χ3v) is 0.774. The van der Waals surface area contributed by atoms with E-state index in [1.807, 2.05) is 0 Å². The minimum Gasteiger partial charge on any atom is -0.396 e. The number of hydrogen-bond acceptors (Lipinski definition) is 4. The number of rotatable bonds is 6. The molecule has 1 N–H and O–H groups in total. The Kier molecular flexibility index (Phi) is 7.12. The van der Waals surface area contributed by atoms with Gasteiger partial charge in [-0.2, -0.15) is 4.91 Å². The van der Waals surface area contributed by atoms with Crippen molar-refractivity contribution >= 4 is 0 Å². The summed E-state index contributed by atoms with van der Waals surface area (Å²) < 4.78 is 4.86. The largest absolute Gasteiger partial charge is 0.396 e. The van der Waals surface area contributed by atoms with Gasteiger partial charge < -0.3 is 9.84 Å². The molecule has 0 atom stereocenters. The molecule has 0 aromatic carbocycles. The molecule has 0 amide bonds. The molecule has 4 nitrogen and oxygen atoms in total. The van der Waals surface area contributed by atoms with Crippen LogP contribution in [0.5, 0.6) is 0 Å². The lowest BCUT2D eigenvalue weighted by Gasteiger charge is -1.96. The number of aliphatic hydroxyl groups excluding tert-OH is 1. The van der Waals surface area contributed by atoms with Gasteiger partial charge in [0.1, 0.15) is 6.54 Å². The van der Waals surface area contributed by atoms with Crippen LogP contribution in [0.4, 0.5) is 0 Å². The Hall–Kier alpha value is -0.480. The molecule has 9 heavy (non-hydrogen) atoms. The Labute approximate surface area is 53.8 Å². The molecule has 4 heteroatoms. The van der Waals surface area contributed by atoms with Gasteiger partial charge in [0.25, 0.3) is 0 Å². The van der Waals surface area contributed by atoms with Crippen LogP contribution in [-0.2, 0) is 4.74 Å². The van der Waals surface area contributed by atoms with Crippen LogP contribution in [-0.4, -0.2) is 31.5 Å². The molecule has 0 aromatic heterocycles. The minimum atomic E-state index is 0.133. The molecule has 0 saturated heterocycles. The van der Waals surface area contributed by atoms with E-state index in [4.69, 9.17) is 9.84 Å². The summed E-state index contributed by atoms with van der Waals surface area (Å²) in [6, 6.07) is 0. The van der Waals surface area contributed by atoms with E-state index in [0.717, 1.165) is 0 Å². The lowest BCUT2D eigenvalue weighted by atomic mass is 10.5. The predicted octanol–water partition coefficient (Wildman–Crippen LogP) is 0.152. The van der Waals surface area contributed by atoms with Gasteiger partial charge in [0.05, 0.1) is 6.61 Å². The van der Waals surface area contributed by atoms with E-state index in [1.54, 1.807) is 0 Å². The lowest BCUT2D eigenvalue weighted by Crippen LogP contribution is -2.00. The molecular weight excluding hydrogens is 122 g/mol. The minimum absolute atomic E-state index is 0.133. The van der Waals surface area contributed by atoms with Crippen molar-refractivity contribution in [2.45, 2.75) is 6.42 Å². The summed E-state index contributed by atoms with van der Waals surface area (Å²) in [5.74, 6) is 0. The molecule has 0 aliphatic carbocycles. The summed E-state index contributed by atoms with van der Waals surface area (Å²) in [6.07, 6.45) is 0.624. The van der Waals surface area contributed by atoms with Gasteiger partial charge >= 0.3 is 0 Å². The molecule has 0 heterocycles. The second-order valence-corrected chi connectivity index (χ2v) is 1.54. The van der Waals surface area contributed by atoms with Crippen LogP contribution in [0.25, 0.3) is 0 Å². The highest BCUT2D eigenvalue weighted by Gasteiger charge is 1.85. The highest BCUT2D eigenvalue weighted by Crippen LogP contribution is 1.80. The number of aliphatic hydroxyl groups is 1. The van der Waals surface area contributed by atoms with Crippen LogP contribution in [0.1, 0.15) is 6.42 Å². The van der Waals surface area contributed by atoms with Gasteiger partial charge in [0.2, 0.25) is 0 Å². The lowest BCUT2D eigenvalue weighted by molar-refractivity contribution is 0.122. The zero-order valence-corrected chi connectivity index (χ0v) is 5.25. The van der Waals surface area contributed by atoms with Crippen LogP contribution in [0.2, 0.25) is 0 Å². The zero-order chi connectivity index (χ0) is 6.95. The maximum atomic E-state index is 9.46. The smallest absolute Gasteiger partial charge is 0.104 e. The van der Waals surface area contributed by atoms with Gasteiger partial charge in [0.15, 0.2) is 0 Å². The molecular formula is C5H11NO3. The topological polar surface area (TPSA) is 58.9 Å². The average molecular weight is 133 g/mol. The average Bonchev–Trinajstić information content (AvgIpc) is 1.89. The van der Waals surface area contributed by atoms with Crippen molar-refractivity contribution in [2.24, 2.45) is 5.18 Å². The number of nitrogens with zero attached hydrogens (tertiary/aromatic N) is 1. The quantitative estimate of drug-likeness (QED) is 0.414. The van der Waals surface area contributed by atoms with Crippen LogP contribution in [0.3, 0.4) is 0 Å². The van der Waals surface area contributed by atoms with Crippen molar-refractivity contribution in [3.63, 3.8) is 0 Å². The molecule has 0 bridgehead atoms. The Bertz CT molecular complexity index is 67.2. The molecule has 54 valence electrons. The fourth-order valence-electron chi connectivity index (χ4n) is 0.370. The first kappa shape index (κ1) is 8.52. The van der Waals surface area contributed by atoms with Crippen molar-refractivity contribution in [2.75, 3.05) is 26.4 Å².